The second-order valence-electron chi connectivity index (χ2n) is 3.90. The summed E-state index contributed by atoms with van der Waals surface area (Å²) in [5, 5.41) is 0. The summed E-state index contributed by atoms with van der Waals surface area (Å²) in [6, 6.07) is 5.42. The third-order valence-electron chi connectivity index (χ3n) is 2.66. The van der Waals surface area contributed by atoms with Crippen LogP contribution in [0.15, 0.2) is 18.2 Å². The highest BCUT2D eigenvalue weighted by Gasteiger charge is 2.09. The van der Waals surface area contributed by atoms with E-state index in [1.807, 2.05) is 19.1 Å². The lowest BCUT2D eigenvalue weighted by molar-refractivity contribution is 0.614. The molecule has 0 unspecified atom stereocenters. The average molecular weight is 224 g/mol. The molecule has 0 saturated carbocycles. The predicted octanol–water partition coefficient (Wildman–Crippen LogP) is 2.56. The van der Waals surface area contributed by atoms with Gasteiger partial charge in [-0.3, -0.25) is 0 Å². The lowest BCUT2D eigenvalue weighted by Crippen LogP contribution is -2.24. The van der Waals surface area contributed by atoms with E-state index in [0.717, 1.165) is 31.5 Å². The van der Waals surface area contributed by atoms with Crippen LogP contribution in [0.5, 0.6) is 0 Å². The van der Waals surface area contributed by atoms with Gasteiger partial charge >= 0.3 is 0 Å². The second kappa shape index (κ2) is 6.48. The van der Waals surface area contributed by atoms with Gasteiger partial charge in [0.15, 0.2) is 0 Å². The summed E-state index contributed by atoms with van der Waals surface area (Å²) in [4.78, 5) is 2.06. The fourth-order valence-electron chi connectivity index (χ4n) is 1.85. The summed E-state index contributed by atoms with van der Waals surface area (Å²) in [5.74, 6) is -0.138. The SMILES string of the molecule is CCCN(CC)c1ccc(CCN)cc1F. The number of hydrogen-bond acceptors (Lipinski definition) is 2. The van der Waals surface area contributed by atoms with Crippen molar-refractivity contribution >= 4 is 5.69 Å². The second-order valence-corrected chi connectivity index (χ2v) is 3.90. The Kier molecular flexibility index (Phi) is 5.26. The van der Waals surface area contributed by atoms with Gasteiger partial charge in [-0.15, -0.1) is 0 Å². The number of rotatable bonds is 6. The Bertz CT molecular complexity index is 326. The molecule has 0 atom stereocenters. The molecule has 2 N–H and O–H groups in total. The highest BCUT2D eigenvalue weighted by atomic mass is 19.1. The van der Waals surface area contributed by atoms with Gasteiger partial charge in [0, 0.05) is 13.1 Å². The molecule has 0 bridgehead atoms. The Balaban J connectivity index is 2.87. The van der Waals surface area contributed by atoms with Gasteiger partial charge < -0.3 is 10.6 Å². The van der Waals surface area contributed by atoms with Crippen LogP contribution < -0.4 is 10.6 Å². The molecule has 0 aliphatic carbocycles. The monoisotopic (exact) mass is 224 g/mol. The lowest BCUT2D eigenvalue weighted by atomic mass is 10.1. The van der Waals surface area contributed by atoms with Crippen LogP contribution in [0.4, 0.5) is 10.1 Å². The molecule has 90 valence electrons. The van der Waals surface area contributed by atoms with Crippen LogP contribution in [0, 0.1) is 5.82 Å². The Morgan fingerprint density at radius 3 is 2.56 bits per heavy atom. The van der Waals surface area contributed by atoms with Crippen LogP contribution in [0.3, 0.4) is 0 Å². The molecule has 2 nitrogen and oxygen atoms in total. The van der Waals surface area contributed by atoms with Crippen molar-refractivity contribution < 1.29 is 4.39 Å². The van der Waals surface area contributed by atoms with Crippen molar-refractivity contribution in [2.24, 2.45) is 5.73 Å². The van der Waals surface area contributed by atoms with Crippen molar-refractivity contribution in [1.82, 2.24) is 0 Å². The molecule has 1 rings (SSSR count). The summed E-state index contributed by atoms with van der Waals surface area (Å²) in [5.41, 5.74) is 7.12. The van der Waals surface area contributed by atoms with Gasteiger partial charge in [0.2, 0.25) is 0 Å². The smallest absolute Gasteiger partial charge is 0.146 e. The topological polar surface area (TPSA) is 29.3 Å². The first kappa shape index (κ1) is 13.0. The highest BCUT2D eigenvalue weighted by molar-refractivity contribution is 5.49. The third kappa shape index (κ3) is 3.20. The fourth-order valence-corrected chi connectivity index (χ4v) is 1.85. The van der Waals surface area contributed by atoms with Crippen LogP contribution in [-0.4, -0.2) is 19.6 Å². The van der Waals surface area contributed by atoms with Crippen molar-refractivity contribution in [3.8, 4) is 0 Å². The largest absolute Gasteiger partial charge is 0.369 e. The summed E-state index contributed by atoms with van der Waals surface area (Å²) >= 11 is 0. The highest BCUT2D eigenvalue weighted by Crippen LogP contribution is 2.20. The zero-order valence-electron chi connectivity index (χ0n) is 10.2. The maximum atomic E-state index is 13.9. The number of nitrogens with two attached hydrogens (primary N) is 1. The predicted molar refractivity (Wildman–Crippen MR) is 67.3 cm³/mol. The summed E-state index contributed by atoms with van der Waals surface area (Å²) in [6.07, 6.45) is 1.76. The maximum absolute atomic E-state index is 13.9. The number of halogens is 1. The molecular formula is C13H21FN2. The molecule has 0 spiro atoms. The van der Waals surface area contributed by atoms with Crippen LogP contribution in [0.1, 0.15) is 25.8 Å². The van der Waals surface area contributed by atoms with E-state index in [2.05, 4.69) is 11.8 Å². The molecule has 16 heavy (non-hydrogen) atoms. The maximum Gasteiger partial charge on any atom is 0.146 e. The van der Waals surface area contributed by atoms with E-state index >= 15 is 0 Å². The lowest BCUT2D eigenvalue weighted by Gasteiger charge is -2.23. The minimum Gasteiger partial charge on any atom is -0.369 e. The van der Waals surface area contributed by atoms with Gasteiger partial charge in [0.1, 0.15) is 5.82 Å². The Morgan fingerprint density at radius 1 is 1.31 bits per heavy atom. The van der Waals surface area contributed by atoms with Gasteiger partial charge in [0.25, 0.3) is 0 Å². The first-order valence-corrected chi connectivity index (χ1v) is 5.96. The quantitative estimate of drug-likeness (QED) is 0.804. The first-order chi connectivity index (χ1) is 7.72. The van der Waals surface area contributed by atoms with E-state index in [1.54, 1.807) is 6.07 Å². The molecule has 0 heterocycles. The molecule has 0 amide bonds. The Labute approximate surface area is 97.3 Å². The molecule has 0 aliphatic rings. The van der Waals surface area contributed by atoms with E-state index < -0.39 is 0 Å². The van der Waals surface area contributed by atoms with Crippen molar-refractivity contribution in [2.75, 3.05) is 24.5 Å². The summed E-state index contributed by atoms with van der Waals surface area (Å²) in [6.45, 7) is 6.43. The number of hydrogen-bond donors (Lipinski definition) is 1. The summed E-state index contributed by atoms with van der Waals surface area (Å²) in [7, 11) is 0. The number of benzene rings is 1. The van der Waals surface area contributed by atoms with Gasteiger partial charge in [-0.05, 0) is 44.0 Å². The van der Waals surface area contributed by atoms with E-state index in [1.165, 1.54) is 0 Å². The minimum atomic E-state index is -0.138. The van der Waals surface area contributed by atoms with Gasteiger partial charge in [-0.1, -0.05) is 13.0 Å². The van der Waals surface area contributed by atoms with Crippen molar-refractivity contribution in [3.05, 3.63) is 29.6 Å². The Hall–Kier alpha value is -1.09. The standard InChI is InChI=1S/C13H21FN2/c1-3-9-16(4-2)13-6-5-11(7-8-15)10-12(13)14/h5-6,10H,3-4,7-9,15H2,1-2H3. The molecule has 0 fully saturated rings. The fraction of sp³-hybridized carbons (Fsp3) is 0.538. The van der Waals surface area contributed by atoms with Crippen LogP contribution in [0.25, 0.3) is 0 Å². The van der Waals surface area contributed by atoms with E-state index in [0.29, 0.717) is 12.2 Å². The molecule has 1 aromatic rings. The van der Waals surface area contributed by atoms with E-state index in [-0.39, 0.29) is 5.82 Å². The van der Waals surface area contributed by atoms with E-state index in [9.17, 15) is 4.39 Å². The molecule has 0 radical (unpaired) electrons. The first-order valence-electron chi connectivity index (χ1n) is 5.96. The molecular weight excluding hydrogens is 203 g/mol. The van der Waals surface area contributed by atoms with Crippen LogP contribution in [0.2, 0.25) is 0 Å². The van der Waals surface area contributed by atoms with Gasteiger partial charge in [-0.2, -0.15) is 0 Å². The molecule has 0 aromatic heterocycles. The van der Waals surface area contributed by atoms with Gasteiger partial charge in [-0.25, -0.2) is 4.39 Å². The normalized spacial score (nSPS) is 10.5. The third-order valence-corrected chi connectivity index (χ3v) is 2.66. The van der Waals surface area contributed by atoms with Crippen molar-refractivity contribution in [2.45, 2.75) is 26.7 Å². The molecule has 3 heteroatoms. The molecule has 0 saturated heterocycles. The van der Waals surface area contributed by atoms with Crippen LogP contribution >= 0.6 is 0 Å². The van der Waals surface area contributed by atoms with Crippen molar-refractivity contribution in [1.29, 1.82) is 0 Å². The Morgan fingerprint density at radius 2 is 2.06 bits per heavy atom. The average Bonchev–Trinajstić information content (AvgIpc) is 2.27. The number of anilines is 1. The van der Waals surface area contributed by atoms with Gasteiger partial charge in [0.05, 0.1) is 5.69 Å². The molecule has 1 aromatic carbocycles. The number of nitrogens with zero attached hydrogens (tertiary/aromatic N) is 1. The summed E-state index contributed by atoms with van der Waals surface area (Å²) < 4.78 is 13.9. The van der Waals surface area contributed by atoms with Crippen LogP contribution in [-0.2, 0) is 6.42 Å². The van der Waals surface area contributed by atoms with Crippen molar-refractivity contribution in [3.63, 3.8) is 0 Å². The van der Waals surface area contributed by atoms with E-state index in [4.69, 9.17) is 5.73 Å². The molecule has 0 aliphatic heterocycles. The minimum absolute atomic E-state index is 0.138. The zero-order valence-corrected chi connectivity index (χ0v) is 10.2. The zero-order chi connectivity index (χ0) is 12.0.